The number of imidazole rings is 1. The molecular weight excluding hydrogens is 248 g/mol. The molecule has 1 aliphatic rings. The first-order valence-corrected chi connectivity index (χ1v) is 6.59. The molecule has 2 aromatic heterocycles. The van der Waals surface area contributed by atoms with Gasteiger partial charge in [-0.25, -0.2) is 4.98 Å². The molecule has 0 spiro atoms. The Morgan fingerprint density at radius 2 is 2.33 bits per heavy atom. The molecule has 0 amide bonds. The van der Waals surface area contributed by atoms with Gasteiger partial charge < -0.3 is 14.3 Å². The first-order valence-electron chi connectivity index (χ1n) is 6.18. The molecule has 1 unspecified atom stereocenters. The largest absolute Gasteiger partial charge is 0.479 e. The number of methoxy groups -OCH3 is 1. The van der Waals surface area contributed by atoms with Crippen LogP contribution in [0.4, 0.5) is 0 Å². The summed E-state index contributed by atoms with van der Waals surface area (Å²) >= 11 is 5.37. The lowest BCUT2D eigenvalue weighted by molar-refractivity contribution is 0.401. The molecule has 0 bridgehead atoms. The van der Waals surface area contributed by atoms with Crippen LogP contribution in [0.25, 0.3) is 11.2 Å². The number of ether oxygens (including phenoxy) is 1. The minimum Gasteiger partial charge on any atom is -0.479 e. The van der Waals surface area contributed by atoms with E-state index in [1.54, 1.807) is 7.11 Å². The van der Waals surface area contributed by atoms with Gasteiger partial charge in [0.25, 0.3) is 0 Å². The number of fused-ring (bicyclic) bond motifs is 1. The Morgan fingerprint density at radius 1 is 1.56 bits per heavy atom. The first-order chi connectivity index (χ1) is 8.70. The van der Waals surface area contributed by atoms with Crippen molar-refractivity contribution in [3.63, 3.8) is 0 Å². The molecule has 0 radical (unpaired) electrons. The number of aromatic nitrogens is 4. The monoisotopic (exact) mass is 264 g/mol. The predicted octanol–water partition coefficient (Wildman–Crippen LogP) is 2.54. The maximum Gasteiger partial charge on any atom is 0.242 e. The van der Waals surface area contributed by atoms with E-state index in [0.29, 0.717) is 16.6 Å². The van der Waals surface area contributed by atoms with Crippen LogP contribution in [0.2, 0.25) is 0 Å². The summed E-state index contributed by atoms with van der Waals surface area (Å²) in [6, 6.07) is 0. The van der Waals surface area contributed by atoms with E-state index < -0.39 is 0 Å². The second-order valence-corrected chi connectivity index (χ2v) is 5.32. The quantitative estimate of drug-likeness (QED) is 0.862. The summed E-state index contributed by atoms with van der Waals surface area (Å²) in [4.78, 5) is 11.5. The van der Waals surface area contributed by atoms with Crippen LogP contribution in [0.1, 0.15) is 19.8 Å². The van der Waals surface area contributed by atoms with Gasteiger partial charge in [0.05, 0.1) is 7.11 Å². The molecular formula is C12H16N4OS. The zero-order valence-corrected chi connectivity index (χ0v) is 11.3. The first kappa shape index (κ1) is 11.6. The van der Waals surface area contributed by atoms with Gasteiger partial charge >= 0.3 is 0 Å². The third-order valence-corrected chi connectivity index (χ3v) is 3.94. The maximum atomic E-state index is 5.37. The number of hydrogen-bond donors (Lipinski definition) is 1. The summed E-state index contributed by atoms with van der Waals surface area (Å²) in [5.41, 5.74) is 1.62. The Kier molecular flexibility index (Phi) is 2.81. The van der Waals surface area contributed by atoms with Crippen LogP contribution in [0, 0.1) is 16.6 Å². The van der Waals surface area contributed by atoms with Crippen LogP contribution in [0.15, 0.2) is 6.33 Å². The highest BCUT2D eigenvalue weighted by Crippen LogP contribution is 2.37. The third kappa shape index (κ3) is 1.90. The van der Waals surface area contributed by atoms with E-state index in [4.69, 9.17) is 17.0 Å². The smallest absolute Gasteiger partial charge is 0.242 e. The number of nitrogens with zero attached hydrogens (tertiary/aromatic N) is 3. The predicted molar refractivity (Wildman–Crippen MR) is 71.2 cm³/mol. The van der Waals surface area contributed by atoms with Crippen LogP contribution in [0.5, 0.6) is 5.88 Å². The van der Waals surface area contributed by atoms with Crippen LogP contribution >= 0.6 is 12.2 Å². The standard InChI is InChI=1S/C12H16N4OS/c1-7(8-3-4-8)5-16-10-9(15-12(16)18)11(17-2)14-6-13-10/h6-8H,3-5H2,1-2H3,(H,15,18). The fourth-order valence-electron chi connectivity index (χ4n) is 2.37. The SMILES string of the molecule is COc1ncnc2c1[nH]c(=S)n2CC(C)C1CC1. The summed E-state index contributed by atoms with van der Waals surface area (Å²) in [5, 5.41) is 0. The molecule has 0 aliphatic heterocycles. The fraction of sp³-hybridized carbons (Fsp3) is 0.583. The summed E-state index contributed by atoms with van der Waals surface area (Å²) in [5.74, 6) is 2.03. The van der Waals surface area contributed by atoms with E-state index in [0.717, 1.165) is 23.6 Å². The summed E-state index contributed by atoms with van der Waals surface area (Å²) in [7, 11) is 1.60. The molecule has 1 aliphatic carbocycles. The Labute approximate surface area is 110 Å². The number of nitrogens with one attached hydrogen (secondary N) is 1. The lowest BCUT2D eigenvalue weighted by Gasteiger charge is -2.11. The van der Waals surface area contributed by atoms with Gasteiger partial charge in [0, 0.05) is 6.54 Å². The van der Waals surface area contributed by atoms with Gasteiger partial charge in [-0.05, 0) is 36.9 Å². The molecule has 0 aromatic carbocycles. The lowest BCUT2D eigenvalue weighted by Crippen LogP contribution is -2.10. The average molecular weight is 264 g/mol. The summed E-state index contributed by atoms with van der Waals surface area (Å²) < 4.78 is 7.96. The van der Waals surface area contributed by atoms with E-state index in [2.05, 4.69) is 26.4 Å². The van der Waals surface area contributed by atoms with Crippen molar-refractivity contribution in [2.45, 2.75) is 26.3 Å². The normalized spacial score (nSPS) is 17.0. The van der Waals surface area contributed by atoms with E-state index in [1.165, 1.54) is 19.2 Å². The molecule has 1 atom stereocenters. The van der Waals surface area contributed by atoms with Gasteiger partial charge in [-0.3, -0.25) is 0 Å². The van der Waals surface area contributed by atoms with Crippen molar-refractivity contribution in [1.29, 1.82) is 0 Å². The van der Waals surface area contributed by atoms with E-state index in [-0.39, 0.29) is 0 Å². The third-order valence-electron chi connectivity index (χ3n) is 3.62. The molecule has 96 valence electrons. The minimum absolute atomic E-state index is 0.545. The van der Waals surface area contributed by atoms with Crippen molar-refractivity contribution in [3.05, 3.63) is 11.1 Å². The molecule has 5 nitrogen and oxygen atoms in total. The molecule has 1 N–H and O–H groups in total. The number of aromatic amines is 1. The van der Waals surface area contributed by atoms with Gasteiger partial charge in [0.2, 0.25) is 5.88 Å². The van der Waals surface area contributed by atoms with Gasteiger partial charge in [-0.1, -0.05) is 6.92 Å². The van der Waals surface area contributed by atoms with Crippen molar-refractivity contribution in [2.24, 2.45) is 11.8 Å². The second kappa shape index (κ2) is 4.35. The molecule has 1 fully saturated rings. The topological polar surface area (TPSA) is 55.7 Å². The lowest BCUT2D eigenvalue weighted by atomic mass is 10.1. The Hall–Kier alpha value is -1.43. The van der Waals surface area contributed by atoms with Crippen molar-refractivity contribution < 1.29 is 4.74 Å². The fourth-order valence-corrected chi connectivity index (χ4v) is 2.63. The van der Waals surface area contributed by atoms with Gasteiger partial charge in [-0.15, -0.1) is 0 Å². The van der Waals surface area contributed by atoms with Crippen LogP contribution in [0.3, 0.4) is 0 Å². The van der Waals surface area contributed by atoms with Crippen LogP contribution < -0.4 is 4.74 Å². The number of rotatable bonds is 4. The summed E-state index contributed by atoms with van der Waals surface area (Å²) in [6.07, 6.45) is 4.20. The highest BCUT2D eigenvalue weighted by Gasteiger charge is 2.28. The second-order valence-electron chi connectivity index (χ2n) is 4.94. The summed E-state index contributed by atoms with van der Waals surface area (Å²) in [6.45, 7) is 3.18. The van der Waals surface area contributed by atoms with Crippen molar-refractivity contribution in [2.75, 3.05) is 7.11 Å². The highest BCUT2D eigenvalue weighted by molar-refractivity contribution is 7.71. The van der Waals surface area contributed by atoms with Gasteiger partial charge in [-0.2, -0.15) is 4.98 Å². The molecule has 2 aromatic rings. The molecule has 18 heavy (non-hydrogen) atoms. The highest BCUT2D eigenvalue weighted by atomic mass is 32.1. The number of H-pyrrole nitrogens is 1. The van der Waals surface area contributed by atoms with Gasteiger partial charge in [0.15, 0.2) is 10.4 Å². The van der Waals surface area contributed by atoms with E-state index in [9.17, 15) is 0 Å². The zero-order valence-electron chi connectivity index (χ0n) is 10.5. The van der Waals surface area contributed by atoms with Gasteiger partial charge in [0.1, 0.15) is 11.8 Å². The number of hydrogen-bond acceptors (Lipinski definition) is 4. The van der Waals surface area contributed by atoms with Crippen LogP contribution in [-0.2, 0) is 6.54 Å². The Balaban J connectivity index is 2.05. The molecule has 2 heterocycles. The van der Waals surface area contributed by atoms with Crippen molar-refractivity contribution in [1.82, 2.24) is 19.5 Å². The zero-order chi connectivity index (χ0) is 12.7. The molecule has 6 heteroatoms. The van der Waals surface area contributed by atoms with E-state index >= 15 is 0 Å². The van der Waals surface area contributed by atoms with Crippen molar-refractivity contribution in [3.8, 4) is 5.88 Å². The molecule has 1 saturated carbocycles. The Morgan fingerprint density at radius 3 is 3.00 bits per heavy atom. The van der Waals surface area contributed by atoms with Crippen molar-refractivity contribution >= 4 is 23.4 Å². The molecule has 0 saturated heterocycles. The van der Waals surface area contributed by atoms with Crippen LogP contribution in [-0.4, -0.2) is 26.6 Å². The van der Waals surface area contributed by atoms with E-state index in [1.807, 2.05) is 0 Å². The Bertz CT molecular complexity index is 629. The molecule has 3 rings (SSSR count). The maximum absolute atomic E-state index is 5.37. The minimum atomic E-state index is 0.545. The average Bonchev–Trinajstić information content (AvgIpc) is 3.16.